The molecule has 1 aliphatic heterocycles. The van der Waals surface area contributed by atoms with Crippen LogP contribution >= 0.6 is 0 Å². The normalized spacial score (nSPS) is 16.5. The number of hydrogen-bond donors (Lipinski definition) is 4. The van der Waals surface area contributed by atoms with Crippen molar-refractivity contribution in [3.63, 3.8) is 0 Å². The topological polar surface area (TPSA) is 116 Å². The smallest absolute Gasteiger partial charge is 0.228 e. The number of nitrogens with one attached hydrogen (secondary N) is 2. The first-order chi connectivity index (χ1) is 16.8. The lowest BCUT2D eigenvalue weighted by molar-refractivity contribution is -0.132. The van der Waals surface area contributed by atoms with Gasteiger partial charge in [0, 0.05) is 18.2 Å². The lowest BCUT2D eigenvalue weighted by Gasteiger charge is -2.30. The highest BCUT2D eigenvalue weighted by Crippen LogP contribution is 2.28. The van der Waals surface area contributed by atoms with E-state index in [9.17, 15) is 32.2 Å². The third-order valence-electron chi connectivity index (χ3n) is 6.20. The highest BCUT2D eigenvalue weighted by Gasteiger charge is 2.31. The Labute approximate surface area is 210 Å². The molecule has 0 saturated heterocycles. The molecule has 0 fully saturated rings. The summed E-state index contributed by atoms with van der Waals surface area (Å²) in [6, 6.07) is 7.50. The number of aliphatic hydroxyl groups is 2. The van der Waals surface area contributed by atoms with Gasteiger partial charge in [-0.05, 0) is 61.6 Å². The number of fused-ring (bicyclic) bond motifs is 1. The molecule has 2 aromatic rings. The monoisotopic (exact) mass is 522 g/mol. The minimum Gasteiger partial charge on any atom is -0.395 e. The van der Waals surface area contributed by atoms with Crippen LogP contribution in [0.25, 0.3) is 5.70 Å². The number of rotatable bonds is 10. The Morgan fingerprint density at radius 1 is 1.11 bits per heavy atom. The van der Waals surface area contributed by atoms with Crippen molar-refractivity contribution in [3.05, 3.63) is 75.7 Å². The Bertz CT molecular complexity index is 1240. The molecule has 0 bridgehead atoms. The maximum Gasteiger partial charge on any atom is 0.228 e. The maximum atomic E-state index is 13.8. The molecule has 1 amide bonds. The first-order valence-corrected chi connectivity index (χ1v) is 13.4. The maximum absolute atomic E-state index is 13.8. The summed E-state index contributed by atoms with van der Waals surface area (Å²) in [5, 5.41) is 27.3. The van der Waals surface area contributed by atoms with Crippen LogP contribution in [0, 0.1) is 17.0 Å². The second kappa shape index (κ2) is 11.1. The Balaban J connectivity index is 1.85. The quantitative estimate of drug-likeness (QED) is 0.381. The number of amides is 1. The van der Waals surface area contributed by atoms with Crippen LogP contribution in [-0.4, -0.2) is 49.8 Å². The van der Waals surface area contributed by atoms with Gasteiger partial charge >= 0.3 is 0 Å². The van der Waals surface area contributed by atoms with Gasteiger partial charge in [-0.15, -0.1) is 0 Å². The van der Waals surface area contributed by atoms with Gasteiger partial charge in [-0.1, -0.05) is 19.1 Å². The van der Waals surface area contributed by atoms with Crippen LogP contribution in [0.4, 0.5) is 8.78 Å². The van der Waals surface area contributed by atoms with Gasteiger partial charge in [0.2, 0.25) is 5.91 Å². The molecule has 2 unspecified atom stereocenters. The minimum atomic E-state index is -3.52. The predicted molar refractivity (Wildman–Crippen MR) is 133 cm³/mol. The van der Waals surface area contributed by atoms with Crippen molar-refractivity contribution in [1.29, 1.82) is 0 Å². The molecule has 1 aliphatic rings. The zero-order valence-corrected chi connectivity index (χ0v) is 21.3. The fourth-order valence-electron chi connectivity index (χ4n) is 3.92. The summed E-state index contributed by atoms with van der Waals surface area (Å²) in [5.41, 5.74) is 1.75. The van der Waals surface area contributed by atoms with Crippen LogP contribution in [0.2, 0.25) is 0 Å². The molecule has 2 aromatic carbocycles. The summed E-state index contributed by atoms with van der Waals surface area (Å²) in [7, 11) is -3.52. The van der Waals surface area contributed by atoms with Crippen LogP contribution in [-0.2, 0) is 33.2 Å². The fourth-order valence-corrected chi connectivity index (χ4v) is 5.25. The fraction of sp³-hybridized carbons (Fsp3) is 0.423. The number of hydrogen-bond acceptors (Lipinski definition) is 6. The number of carbonyl (C=O) groups excluding carboxylic acids is 1. The van der Waals surface area contributed by atoms with Crippen molar-refractivity contribution >= 4 is 21.4 Å². The van der Waals surface area contributed by atoms with E-state index in [1.807, 2.05) is 19.1 Å². The van der Waals surface area contributed by atoms with Gasteiger partial charge in [0.05, 0.1) is 41.0 Å². The molecule has 3 rings (SSSR count). The van der Waals surface area contributed by atoms with E-state index in [0.717, 1.165) is 35.6 Å². The molecule has 0 aromatic heterocycles. The second-order valence-electron chi connectivity index (χ2n) is 9.74. The molecule has 0 spiro atoms. The number of aryl methyl sites for hydroxylation is 1. The molecule has 10 heteroatoms. The Kier molecular flexibility index (Phi) is 8.53. The van der Waals surface area contributed by atoms with Crippen LogP contribution in [0.15, 0.2) is 41.8 Å². The Morgan fingerprint density at radius 2 is 1.78 bits per heavy atom. The van der Waals surface area contributed by atoms with E-state index in [1.54, 1.807) is 6.07 Å². The molecular weight excluding hydrogens is 490 g/mol. The predicted octanol–water partition coefficient (Wildman–Crippen LogP) is 2.45. The van der Waals surface area contributed by atoms with E-state index in [4.69, 9.17) is 0 Å². The molecule has 1 heterocycles. The highest BCUT2D eigenvalue weighted by atomic mass is 32.2. The van der Waals surface area contributed by atoms with E-state index in [0.29, 0.717) is 16.8 Å². The van der Waals surface area contributed by atoms with Gasteiger partial charge in [-0.25, -0.2) is 17.2 Å². The average molecular weight is 523 g/mol. The number of halogens is 2. The third-order valence-corrected chi connectivity index (χ3v) is 7.51. The minimum absolute atomic E-state index is 0.0985. The summed E-state index contributed by atoms with van der Waals surface area (Å²) < 4.78 is 52.3. The number of sulfone groups is 1. The molecule has 196 valence electrons. The first kappa shape index (κ1) is 27.8. The van der Waals surface area contributed by atoms with Gasteiger partial charge in [-0.3, -0.25) is 4.79 Å². The van der Waals surface area contributed by atoms with Gasteiger partial charge in [0.1, 0.15) is 11.6 Å². The van der Waals surface area contributed by atoms with Gasteiger partial charge in [0.15, 0.2) is 9.84 Å². The van der Waals surface area contributed by atoms with Crippen molar-refractivity contribution in [3.8, 4) is 0 Å². The van der Waals surface area contributed by atoms with Crippen molar-refractivity contribution in [1.82, 2.24) is 10.6 Å². The van der Waals surface area contributed by atoms with E-state index in [1.165, 1.54) is 13.8 Å². The Hall–Kier alpha value is -2.82. The highest BCUT2D eigenvalue weighted by molar-refractivity contribution is 7.93. The van der Waals surface area contributed by atoms with Crippen LogP contribution < -0.4 is 10.6 Å². The molecule has 2 atom stereocenters. The number of benzene rings is 2. The van der Waals surface area contributed by atoms with Gasteiger partial charge in [0.25, 0.3) is 0 Å². The largest absolute Gasteiger partial charge is 0.395 e. The van der Waals surface area contributed by atoms with Crippen molar-refractivity contribution in [2.24, 2.45) is 5.41 Å². The van der Waals surface area contributed by atoms with Crippen molar-refractivity contribution in [2.45, 2.75) is 51.5 Å². The average Bonchev–Trinajstić information content (AvgIpc) is 2.80. The third kappa shape index (κ3) is 6.89. The van der Waals surface area contributed by atoms with Crippen molar-refractivity contribution < 1.29 is 32.2 Å². The molecule has 0 radical (unpaired) electrons. The second-order valence-corrected chi connectivity index (χ2v) is 11.6. The molecule has 4 N–H and O–H groups in total. The molecule has 36 heavy (non-hydrogen) atoms. The standard InChI is InChI=1S/C26H32F2N2O5S/c1-4-16-5-6-18-13-36(34,35)14-23(21(18)9-16)29-12-24(32)22(30-25(33)26(2,3)15-31)10-17-7-19(27)11-20(28)8-17/h5-9,11,14,22,24,29,31-32H,4,10,12-13,15H2,1-3H3,(H,30,33). The summed E-state index contributed by atoms with van der Waals surface area (Å²) >= 11 is 0. The lowest BCUT2D eigenvalue weighted by Crippen LogP contribution is -2.52. The van der Waals surface area contributed by atoms with E-state index in [-0.39, 0.29) is 24.3 Å². The van der Waals surface area contributed by atoms with E-state index >= 15 is 0 Å². The molecular formula is C26H32F2N2O5S. The van der Waals surface area contributed by atoms with Crippen LogP contribution in [0.1, 0.15) is 43.0 Å². The SMILES string of the molecule is CCc1ccc2c(c1)C(NCC(O)C(Cc1cc(F)cc(F)c1)NC(=O)C(C)(C)CO)=CS(=O)(=O)C2. The zero-order valence-electron chi connectivity index (χ0n) is 20.5. The van der Waals surface area contributed by atoms with Crippen molar-refractivity contribution in [2.75, 3.05) is 13.2 Å². The van der Waals surface area contributed by atoms with Gasteiger partial charge in [-0.2, -0.15) is 0 Å². The van der Waals surface area contributed by atoms with Gasteiger partial charge < -0.3 is 20.8 Å². The Morgan fingerprint density at radius 3 is 2.39 bits per heavy atom. The zero-order chi connectivity index (χ0) is 26.7. The van der Waals surface area contributed by atoms with E-state index < -0.39 is 51.5 Å². The summed E-state index contributed by atoms with van der Waals surface area (Å²) in [4.78, 5) is 12.7. The summed E-state index contributed by atoms with van der Waals surface area (Å²) in [5.74, 6) is -2.26. The van der Waals surface area contributed by atoms with Crippen LogP contribution in [0.3, 0.4) is 0 Å². The molecule has 0 saturated carbocycles. The molecule has 0 aliphatic carbocycles. The van der Waals surface area contributed by atoms with E-state index in [2.05, 4.69) is 10.6 Å². The summed E-state index contributed by atoms with van der Waals surface area (Å²) in [6.07, 6.45) is -0.605. The van der Waals surface area contributed by atoms with Crippen LogP contribution in [0.5, 0.6) is 0 Å². The molecule has 7 nitrogen and oxygen atoms in total. The number of carbonyl (C=O) groups is 1. The first-order valence-electron chi connectivity index (χ1n) is 11.7. The number of aliphatic hydroxyl groups excluding tert-OH is 2. The summed E-state index contributed by atoms with van der Waals surface area (Å²) in [6.45, 7) is 4.42. The lowest BCUT2D eigenvalue weighted by atomic mass is 9.92.